The first-order valence-corrected chi connectivity index (χ1v) is 8.15. The highest BCUT2D eigenvalue weighted by Gasteiger charge is 2.32. The number of rotatable bonds is 6. The molecule has 0 aliphatic carbocycles. The zero-order valence-corrected chi connectivity index (χ0v) is 13.9. The van der Waals surface area contributed by atoms with E-state index >= 15 is 0 Å². The van der Waals surface area contributed by atoms with Crippen molar-refractivity contribution in [1.82, 2.24) is 25.2 Å². The van der Waals surface area contributed by atoms with Crippen LogP contribution in [-0.4, -0.2) is 53.8 Å². The van der Waals surface area contributed by atoms with Crippen molar-refractivity contribution in [3.05, 3.63) is 42.6 Å². The molecule has 3 rings (SSSR count). The largest absolute Gasteiger partial charge is 0.384 e. The van der Waals surface area contributed by atoms with Crippen LogP contribution >= 0.6 is 0 Å². The van der Waals surface area contributed by atoms with Crippen LogP contribution in [0.3, 0.4) is 0 Å². The van der Waals surface area contributed by atoms with Crippen LogP contribution in [0.4, 0.5) is 0 Å². The third-order valence-electron chi connectivity index (χ3n) is 4.52. The molecule has 1 saturated heterocycles. The second-order valence-corrected chi connectivity index (χ2v) is 6.24. The Morgan fingerprint density at radius 2 is 2.25 bits per heavy atom. The van der Waals surface area contributed by atoms with E-state index in [1.165, 1.54) is 0 Å². The summed E-state index contributed by atoms with van der Waals surface area (Å²) < 4.78 is 7.18. The first kappa shape index (κ1) is 16.6. The molecule has 1 amide bonds. The number of aromatic nitrogens is 3. The van der Waals surface area contributed by atoms with Gasteiger partial charge in [-0.3, -0.25) is 9.36 Å². The third-order valence-corrected chi connectivity index (χ3v) is 4.52. The van der Waals surface area contributed by atoms with Crippen LogP contribution in [0.2, 0.25) is 0 Å². The predicted octanol–water partition coefficient (Wildman–Crippen LogP) is 1.01. The lowest BCUT2D eigenvalue weighted by atomic mass is 9.79. The van der Waals surface area contributed by atoms with E-state index < -0.39 is 0 Å². The highest BCUT2D eigenvalue weighted by Crippen LogP contribution is 2.28. The molecule has 1 fully saturated rings. The number of hydrogen-bond donors (Lipinski definition) is 2. The summed E-state index contributed by atoms with van der Waals surface area (Å²) in [5.74, 6) is 0.631. The number of hydrogen-bond acceptors (Lipinski definition) is 5. The lowest BCUT2D eigenvalue weighted by molar-refractivity contribution is 0.0511. The highest BCUT2D eigenvalue weighted by atomic mass is 16.5. The fourth-order valence-electron chi connectivity index (χ4n) is 3.07. The van der Waals surface area contributed by atoms with Gasteiger partial charge in [-0.15, -0.1) is 0 Å². The van der Waals surface area contributed by atoms with E-state index in [0.717, 1.165) is 31.7 Å². The van der Waals surface area contributed by atoms with Gasteiger partial charge in [-0.1, -0.05) is 0 Å². The Morgan fingerprint density at radius 1 is 1.42 bits per heavy atom. The fraction of sp³-hybridized carbons (Fsp3) is 0.471. The smallest absolute Gasteiger partial charge is 0.252 e. The molecular weight excluding hydrogens is 306 g/mol. The molecule has 128 valence electrons. The fourth-order valence-corrected chi connectivity index (χ4v) is 3.07. The van der Waals surface area contributed by atoms with Crippen molar-refractivity contribution in [2.45, 2.75) is 12.8 Å². The lowest BCUT2D eigenvalue weighted by Gasteiger charge is -2.37. The zero-order chi connectivity index (χ0) is 16.8. The monoisotopic (exact) mass is 329 g/mol. The number of nitrogens with zero attached hydrogens (tertiary/aromatic N) is 3. The second-order valence-electron chi connectivity index (χ2n) is 6.24. The molecule has 7 nitrogen and oxygen atoms in total. The Kier molecular flexibility index (Phi) is 5.22. The van der Waals surface area contributed by atoms with Gasteiger partial charge < -0.3 is 15.4 Å². The average molecular weight is 329 g/mol. The minimum absolute atomic E-state index is 0.0137. The number of ether oxygens (including phenoxy) is 1. The molecule has 0 saturated carbocycles. The highest BCUT2D eigenvalue weighted by molar-refractivity contribution is 5.93. The second kappa shape index (κ2) is 7.55. The van der Waals surface area contributed by atoms with Gasteiger partial charge in [0.1, 0.15) is 12.1 Å². The molecule has 24 heavy (non-hydrogen) atoms. The molecule has 2 N–H and O–H groups in total. The lowest BCUT2D eigenvalue weighted by Crippen LogP contribution is -2.47. The van der Waals surface area contributed by atoms with Crippen molar-refractivity contribution in [3.8, 4) is 5.82 Å². The number of imidazole rings is 1. The van der Waals surface area contributed by atoms with Gasteiger partial charge in [-0.05, 0) is 38.1 Å². The Bertz CT molecular complexity index is 643. The number of nitrogens with one attached hydrogen (secondary N) is 2. The van der Waals surface area contributed by atoms with Gasteiger partial charge in [0.25, 0.3) is 5.91 Å². The van der Waals surface area contributed by atoms with Crippen molar-refractivity contribution in [2.24, 2.45) is 5.41 Å². The minimum Gasteiger partial charge on any atom is -0.384 e. The van der Waals surface area contributed by atoms with Crippen molar-refractivity contribution in [1.29, 1.82) is 0 Å². The van der Waals surface area contributed by atoms with Gasteiger partial charge in [-0.25, -0.2) is 9.97 Å². The Morgan fingerprint density at radius 3 is 2.88 bits per heavy atom. The quantitative estimate of drug-likeness (QED) is 0.827. The number of piperidine rings is 1. The number of amides is 1. The van der Waals surface area contributed by atoms with E-state index in [0.29, 0.717) is 18.7 Å². The molecule has 0 atom stereocenters. The first-order chi connectivity index (χ1) is 11.7. The first-order valence-electron chi connectivity index (χ1n) is 8.15. The van der Waals surface area contributed by atoms with E-state index in [9.17, 15) is 4.79 Å². The summed E-state index contributed by atoms with van der Waals surface area (Å²) in [5.41, 5.74) is 0.570. The van der Waals surface area contributed by atoms with Gasteiger partial charge in [0, 0.05) is 37.7 Å². The standard InChI is InChI=1S/C17H23N5O2/c1-24-12-17(4-6-18-7-5-17)11-21-16(23)14-2-3-15(20-10-14)22-9-8-19-13-22/h2-3,8-10,13,18H,4-7,11-12H2,1H3,(H,21,23). The molecule has 1 aliphatic heterocycles. The molecule has 2 aromatic rings. The van der Waals surface area contributed by atoms with E-state index in [-0.39, 0.29) is 11.3 Å². The van der Waals surface area contributed by atoms with Crippen LogP contribution in [0.1, 0.15) is 23.2 Å². The summed E-state index contributed by atoms with van der Waals surface area (Å²) in [6.07, 6.45) is 8.77. The molecule has 1 aliphatic rings. The van der Waals surface area contributed by atoms with E-state index in [2.05, 4.69) is 20.6 Å². The molecule has 2 aromatic heterocycles. The van der Waals surface area contributed by atoms with Crippen molar-refractivity contribution >= 4 is 5.91 Å². The SMILES string of the molecule is COCC1(CNC(=O)c2ccc(-n3ccnc3)nc2)CCNCC1. The number of carbonyl (C=O) groups is 1. The molecule has 0 unspecified atom stereocenters. The zero-order valence-electron chi connectivity index (χ0n) is 13.9. The van der Waals surface area contributed by atoms with Gasteiger partial charge in [-0.2, -0.15) is 0 Å². The Labute approximate surface area is 141 Å². The number of pyridine rings is 1. The van der Waals surface area contributed by atoms with Crippen LogP contribution in [-0.2, 0) is 4.74 Å². The minimum atomic E-state index is -0.103. The molecule has 0 aromatic carbocycles. The van der Waals surface area contributed by atoms with Crippen LogP contribution < -0.4 is 10.6 Å². The maximum Gasteiger partial charge on any atom is 0.252 e. The number of carbonyl (C=O) groups excluding carboxylic acids is 1. The molecular formula is C17H23N5O2. The van der Waals surface area contributed by atoms with Gasteiger partial charge >= 0.3 is 0 Å². The maximum atomic E-state index is 12.4. The van der Waals surface area contributed by atoms with Crippen LogP contribution in [0.5, 0.6) is 0 Å². The third kappa shape index (κ3) is 3.80. The normalized spacial score (nSPS) is 16.7. The maximum absolute atomic E-state index is 12.4. The molecule has 0 spiro atoms. The summed E-state index contributed by atoms with van der Waals surface area (Å²) in [6, 6.07) is 3.59. The summed E-state index contributed by atoms with van der Waals surface area (Å²) in [6.45, 7) is 3.19. The summed E-state index contributed by atoms with van der Waals surface area (Å²) in [7, 11) is 1.71. The van der Waals surface area contributed by atoms with E-state index in [1.54, 1.807) is 36.5 Å². The molecule has 3 heterocycles. The van der Waals surface area contributed by atoms with E-state index in [1.807, 2.05) is 12.3 Å². The molecule has 0 bridgehead atoms. The number of methoxy groups -OCH3 is 1. The van der Waals surface area contributed by atoms with Crippen LogP contribution in [0, 0.1) is 5.41 Å². The van der Waals surface area contributed by atoms with Gasteiger partial charge in [0.15, 0.2) is 0 Å². The Hall–Kier alpha value is -2.25. The predicted molar refractivity (Wildman–Crippen MR) is 90.1 cm³/mol. The van der Waals surface area contributed by atoms with Gasteiger partial charge in [0.05, 0.1) is 12.2 Å². The summed E-state index contributed by atoms with van der Waals surface area (Å²) >= 11 is 0. The molecule has 0 radical (unpaired) electrons. The van der Waals surface area contributed by atoms with Gasteiger partial charge in [0.2, 0.25) is 0 Å². The summed E-state index contributed by atoms with van der Waals surface area (Å²) in [5, 5.41) is 6.39. The molecule has 7 heteroatoms. The summed E-state index contributed by atoms with van der Waals surface area (Å²) in [4.78, 5) is 20.7. The van der Waals surface area contributed by atoms with Crippen LogP contribution in [0.25, 0.3) is 5.82 Å². The van der Waals surface area contributed by atoms with Crippen LogP contribution in [0.15, 0.2) is 37.1 Å². The Balaban J connectivity index is 1.62. The van der Waals surface area contributed by atoms with Crippen molar-refractivity contribution in [2.75, 3.05) is 33.4 Å². The van der Waals surface area contributed by atoms with Crippen molar-refractivity contribution in [3.63, 3.8) is 0 Å². The van der Waals surface area contributed by atoms with Crippen molar-refractivity contribution < 1.29 is 9.53 Å². The topological polar surface area (TPSA) is 81.1 Å². The van der Waals surface area contributed by atoms with E-state index in [4.69, 9.17) is 4.74 Å². The average Bonchev–Trinajstić information content (AvgIpc) is 3.16.